The van der Waals surface area contributed by atoms with E-state index in [9.17, 15) is 34.8 Å². The molecule has 0 radical (unpaired) electrons. The van der Waals surface area contributed by atoms with Crippen molar-refractivity contribution in [1.82, 2.24) is 0 Å². The highest BCUT2D eigenvalue weighted by Gasteiger charge is 2.63. The van der Waals surface area contributed by atoms with Crippen LogP contribution in [0.3, 0.4) is 0 Å². The molecule has 0 aromatic carbocycles. The fourth-order valence-corrected chi connectivity index (χ4v) is 4.93. The first-order chi connectivity index (χ1) is 15.9. The number of esters is 3. The first-order valence-corrected chi connectivity index (χ1v) is 10.7. The van der Waals surface area contributed by atoms with E-state index in [4.69, 9.17) is 28.4 Å². The Morgan fingerprint density at radius 3 is 2.32 bits per heavy atom. The number of hydrogen-bond acceptors (Lipinski definition) is 13. The molecular formula is C21H30O13. The van der Waals surface area contributed by atoms with E-state index in [1.54, 1.807) is 6.92 Å². The summed E-state index contributed by atoms with van der Waals surface area (Å²) in [6.07, 6.45) is -9.01. The van der Waals surface area contributed by atoms with E-state index >= 15 is 0 Å². The third-order valence-electron chi connectivity index (χ3n) is 6.31. The number of aliphatic hydroxyl groups excluding tert-OH is 4. The number of rotatable bonds is 6. The fraction of sp³-hybridized carbons (Fsp3) is 0.762. The van der Waals surface area contributed by atoms with Gasteiger partial charge in [0.1, 0.15) is 36.1 Å². The maximum absolute atomic E-state index is 12.5. The third-order valence-corrected chi connectivity index (χ3v) is 6.31. The summed E-state index contributed by atoms with van der Waals surface area (Å²) in [5.74, 6) is -3.87. The van der Waals surface area contributed by atoms with Gasteiger partial charge in [-0.3, -0.25) is 9.59 Å². The highest BCUT2D eigenvalue weighted by atomic mass is 16.8. The van der Waals surface area contributed by atoms with Gasteiger partial charge in [0.05, 0.1) is 31.5 Å². The van der Waals surface area contributed by atoms with Gasteiger partial charge >= 0.3 is 17.9 Å². The van der Waals surface area contributed by atoms with Crippen molar-refractivity contribution in [3.63, 3.8) is 0 Å². The lowest BCUT2D eigenvalue weighted by atomic mass is 9.80. The Balaban J connectivity index is 1.99. The molecule has 0 spiro atoms. The Kier molecular flexibility index (Phi) is 7.85. The van der Waals surface area contributed by atoms with Crippen LogP contribution in [0.25, 0.3) is 0 Å². The molecule has 1 saturated heterocycles. The zero-order valence-corrected chi connectivity index (χ0v) is 19.2. The van der Waals surface area contributed by atoms with E-state index in [0.29, 0.717) is 0 Å². The molecule has 0 aromatic heterocycles. The Bertz CT molecular complexity index is 825. The van der Waals surface area contributed by atoms with Crippen molar-refractivity contribution in [2.24, 2.45) is 11.8 Å². The van der Waals surface area contributed by atoms with Gasteiger partial charge in [0.25, 0.3) is 0 Å². The van der Waals surface area contributed by atoms with E-state index in [-0.39, 0.29) is 12.0 Å². The lowest BCUT2D eigenvalue weighted by Gasteiger charge is -2.44. The van der Waals surface area contributed by atoms with Crippen LogP contribution < -0.4 is 0 Å². The van der Waals surface area contributed by atoms with Gasteiger partial charge in [-0.15, -0.1) is 0 Å². The van der Waals surface area contributed by atoms with Crippen molar-refractivity contribution in [2.75, 3.05) is 13.7 Å². The van der Waals surface area contributed by atoms with Crippen molar-refractivity contribution in [3.05, 3.63) is 11.8 Å². The van der Waals surface area contributed by atoms with Crippen molar-refractivity contribution in [2.45, 2.75) is 75.9 Å². The monoisotopic (exact) mass is 490 g/mol. The molecule has 3 aliphatic rings. The number of methoxy groups -OCH3 is 1. The van der Waals surface area contributed by atoms with Crippen molar-refractivity contribution >= 4 is 17.9 Å². The van der Waals surface area contributed by atoms with Gasteiger partial charge in [0.15, 0.2) is 6.29 Å². The molecule has 1 saturated carbocycles. The molecule has 10 atom stereocenters. The van der Waals surface area contributed by atoms with Gasteiger partial charge in [-0.2, -0.15) is 0 Å². The zero-order chi connectivity index (χ0) is 25.4. The van der Waals surface area contributed by atoms with E-state index in [2.05, 4.69) is 0 Å². The molecule has 2 heterocycles. The first kappa shape index (κ1) is 26.3. The second-order valence-electron chi connectivity index (χ2n) is 8.71. The minimum Gasteiger partial charge on any atom is -0.471 e. The molecule has 0 bridgehead atoms. The lowest BCUT2D eigenvalue weighted by Crippen LogP contribution is -2.61. The van der Waals surface area contributed by atoms with Crippen LogP contribution in [-0.2, 0) is 42.8 Å². The highest BCUT2D eigenvalue weighted by Crippen LogP contribution is 2.52. The molecule has 2 fully saturated rings. The zero-order valence-electron chi connectivity index (χ0n) is 19.2. The van der Waals surface area contributed by atoms with E-state index < -0.39 is 85.1 Å². The number of aliphatic hydroxyl groups is 4. The molecule has 2 aliphatic heterocycles. The van der Waals surface area contributed by atoms with E-state index in [1.165, 1.54) is 13.8 Å². The summed E-state index contributed by atoms with van der Waals surface area (Å²) in [6.45, 7) is 3.27. The Morgan fingerprint density at radius 2 is 1.76 bits per heavy atom. The number of carbonyl (C=O) groups is 3. The normalized spacial score (nSPS) is 41.5. The number of hydrogen-bond donors (Lipinski definition) is 4. The molecular weight excluding hydrogens is 460 g/mol. The van der Waals surface area contributed by atoms with Crippen LogP contribution in [0.2, 0.25) is 0 Å². The summed E-state index contributed by atoms with van der Waals surface area (Å²) >= 11 is 0. The van der Waals surface area contributed by atoms with Gasteiger partial charge in [0, 0.05) is 26.2 Å². The summed E-state index contributed by atoms with van der Waals surface area (Å²) in [4.78, 5) is 36.2. The van der Waals surface area contributed by atoms with Gasteiger partial charge in [-0.25, -0.2) is 4.79 Å². The van der Waals surface area contributed by atoms with Crippen LogP contribution in [0.15, 0.2) is 11.8 Å². The summed E-state index contributed by atoms with van der Waals surface area (Å²) in [6, 6.07) is 0. The minimum atomic E-state index is -1.73. The number of fused-ring (bicyclic) bond motifs is 1. The molecule has 0 unspecified atom stereocenters. The van der Waals surface area contributed by atoms with Crippen molar-refractivity contribution in [3.8, 4) is 0 Å². The van der Waals surface area contributed by atoms with Crippen LogP contribution in [0.1, 0.15) is 27.2 Å². The molecule has 0 aromatic rings. The second-order valence-corrected chi connectivity index (χ2v) is 8.71. The molecule has 1 aliphatic carbocycles. The van der Waals surface area contributed by atoms with E-state index in [1.807, 2.05) is 0 Å². The van der Waals surface area contributed by atoms with Gasteiger partial charge in [-0.1, -0.05) is 0 Å². The maximum Gasteiger partial charge on any atom is 0.337 e. The van der Waals surface area contributed by atoms with Crippen LogP contribution in [0.5, 0.6) is 0 Å². The predicted octanol–water partition coefficient (Wildman–Crippen LogP) is -1.89. The molecule has 3 rings (SSSR count). The highest BCUT2D eigenvalue weighted by molar-refractivity contribution is 5.89. The van der Waals surface area contributed by atoms with Crippen molar-refractivity contribution < 1.29 is 63.2 Å². The molecule has 13 nitrogen and oxygen atoms in total. The lowest BCUT2D eigenvalue weighted by molar-refractivity contribution is -0.346. The fourth-order valence-electron chi connectivity index (χ4n) is 4.93. The minimum absolute atomic E-state index is 0.00622. The van der Waals surface area contributed by atoms with Crippen LogP contribution in [-0.4, -0.2) is 101 Å². The van der Waals surface area contributed by atoms with Crippen LogP contribution in [0.4, 0.5) is 0 Å². The van der Waals surface area contributed by atoms with Crippen LogP contribution >= 0.6 is 0 Å². The average molecular weight is 490 g/mol. The number of ether oxygens (including phenoxy) is 6. The van der Waals surface area contributed by atoms with Crippen molar-refractivity contribution in [1.29, 1.82) is 0 Å². The summed E-state index contributed by atoms with van der Waals surface area (Å²) in [5, 5.41) is 39.9. The summed E-state index contributed by atoms with van der Waals surface area (Å²) < 4.78 is 32.6. The molecule has 13 heteroatoms. The standard InChI is InChI=1S/C21H30O13/c1-8(23)31-11-5-21(3,34-9(2)24)14-13(11)10(18(28)29-4)7-30-19(14)33-20-17(27)16(26)15(25)12(6-22)32-20/h7,11-17,19-20,22,25-27H,5-6H2,1-4H3/t11-,12-,13+,14-,15+,16-,17-,19+,20-,21+/m1/s1. The topological polar surface area (TPSA) is 188 Å². The van der Waals surface area contributed by atoms with Gasteiger partial charge in [0.2, 0.25) is 6.29 Å². The van der Waals surface area contributed by atoms with Gasteiger partial charge < -0.3 is 48.8 Å². The maximum atomic E-state index is 12.5. The first-order valence-electron chi connectivity index (χ1n) is 10.7. The Hall–Kier alpha value is -2.29. The van der Waals surface area contributed by atoms with Gasteiger partial charge in [-0.05, 0) is 6.92 Å². The van der Waals surface area contributed by atoms with E-state index in [0.717, 1.165) is 13.4 Å². The smallest absolute Gasteiger partial charge is 0.337 e. The predicted molar refractivity (Wildman–Crippen MR) is 107 cm³/mol. The third kappa shape index (κ3) is 4.90. The molecule has 4 N–H and O–H groups in total. The second kappa shape index (κ2) is 10.1. The molecule has 192 valence electrons. The summed E-state index contributed by atoms with van der Waals surface area (Å²) in [7, 11) is 1.16. The Labute approximate surface area is 195 Å². The van der Waals surface area contributed by atoms with Crippen LogP contribution in [0, 0.1) is 11.8 Å². The molecule has 34 heavy (non-hydrogen) atoms. The number of carbonyl (C=O) groups excluding carboxylic acids is 3. The molecule has 0 amide bonds. The Morgan fingerprint density at radius 1 is 1.09 bits per heavy atom. The summed E-state index contributed by atoms with van der Waals surface area (Å²) in [5.41, 5.74) is -1.34. The quantitative estimate of drug-likeness (QED) is 0.239. The largest absolute Gasteiger partial charge is 0.471 e. The SMILES string of the molecule is COC(=O)C1=CO[C@@H](O[C@H]2O[C@H](CO)[C@H](O)[C@@H](O)[C@H]2O)[C@H]2[C@@H]1[C@H](OC(C)=O)C[C@]2(C)OC(C)=O. The average Bonchev–Trinajstić information content (AvgIpc) is 3.04.